The number of hydrogen-bond donors (Lipinski definition) is 4. The first-order valence-electron chi connectivity index (χ1n) is 7.99. The molecular formula is C16H21N5O5. The molecule has 0 saturated carbocycles. The van der Waals surface area contributed by atoms with Crippen LogP contribution in [0.15, 0.2) is 28.8 Å². The first-order chi connectivity index (χ1) is 12.4. The van der Waals surface area contributed by atoms with Gasteiger partial charge in [-0.25, -0.2) is 4.79 Å². The minimum Gasteiger partial charge on any atom is -0.508 e. The molecule has 0 aliphatic rings. The second-order valence-electron chi connectivity index (χ2n) is 5.40. The number of aliphatic hydroxyl groups excluding tert-OH is 1. The van der Waals surface area contributed by atoms with E-state index in [1.165, 1.54) is 24.1 Å². The number of hydrogen-bond acceptors (Lipinski definition) is 7. The number of aromatic nitrogens is 2. The molecule has 1 atom stereocenters. The molecule has 3 amide bonds. The van der Waals surface area contributed by atoms with Crippen LogP contribution in [0.5, 0.6) is 5.75 Å². The van der Waals surface area contributed by atoms with Gasteiger partial charge < -0.3 is 30.3 Å². The molecule has 0 aliphatic carbocycles. The normalized spacial score (nSPS) is 11.7. The maximum absolute atomic E-state index is 12.3. The van der Waals surface area contributed by atoms with Crippen LogP contribution in [0, 0.1) is 0 Å². The highest BCUT2D eigenvalue weighted by atomic mass is 16.5. The number of likely N-dealkylation sites (N-methyl/N-ethyl adjacent to an activating group) is 1. The van der Waals surface area contributed by atoms with Crippen molar-refractivity contribution in [1.29, 1.82) is 0 Å². The molecule has 0 bridgehead atoms. The molecule has 0 saturated heterocycles. The van der Waals surface area contributed by atoms with Gasteiger partial charge >= 0.3 is 6.03 Å². The smallest absolute Gasteiger partial charge is 0.317 e. The highest BCUT2D eigenvalue weighted by Gasteiger charge is 2.19. The molecule has 26 heavy (non-hydrogen) atoms. The van der Waals surface area contributed by atoms with Crippen molar-refractivity contribution >= 4 is 11.9 Å². The minimum absolute atomic E-state index is 0.0392. The van der Waals surface area contributed by atoms with Crippen LogP contribution in [-0.4, -0.2) is 57.3 Å². The molecule has 10 nitrogen and oxygen atoms in total. The molecule has 2 aromatic rings. The maximum atomic E-state index is 12.3. The quantitative estimate of drug-likeness (QED) is 0.558. The Hall–Kier alpha value is -3.14. The molecule has 0 unspecified atom stereocenters. The predicted molar refractivity (Wildman–Crippen MR) is 90.2 cm³/mol. The zero-order chi connectivity index (χ0) is 19.1. The molecule has 0 fully saturated rings. The average molecular weight is 363 g/mol. The van der Waals surface area contributed by atoms with Gasteiger partial charge in [-0.2, -0.15) is 4.98 Å². The molecule has 1 aromatic carbocycles. The van der Waals surface area contributed by atoms with Gasteiger partial charge in [0.1, 0.15) is 5.75 Å². The SMILES string of the molecule is CCN(C[C@@H](O)c1cccc(O)c1)C(=O)NCc1nc(C(=O)NC)no1. The number of carbonyl (C=O) groups is 2. The largest absolute Gasteiger partial charge is 0.508 e. The van der Waals surface area contributed by atoms with Gasteiger partial charge in [0.25, 0.3) is 11.7 Å². The highest BCUT2D eigenvalue weighted by molar-refractivity contribution is 5.89. The van der Waals surface area contributed by atoms with E-state index >= 15 is 0 Å². The van der Waals surface area contributed by atoms with Gasteiger partial charge in [0.2, 0.25) is 5.89 Å². The summed E-state index contributed by atoms with van der Waals surface area (Å²) in [6.07, 6.45) is -0.948. The lowest BCUT2D eigenvalue weighted by Gasteiger charge is -2.24. The van der Waals surface area contributed by atoms with Crippen molar-refractivity contribution in [2.24, 2.45) is 0 Å². The molecular weight excluding hydrogens is 342 g/mol. The van der Waals surface area contributed by atoms with Gasteiger partial charge in [0.15, 0.2) is 0 Å². The summed E-state index contributed by atoms with van der Waals surface area (Å²) in [5.41, 5.74) is 0.503. The average Bonchev–Trinajstić information content (AvgIpc) is 3.12. The summed E-state index contributed by atoms with van der Waals surface area (Å²) >= 11 is 0. The number of aromatic hydroxyl groups is 1. The van der Waals surface area contributed by atoms with Gasteiger partial charge in [-0.1, -0.05) is 17.3 Å². The van der Waals surface area contributed by atoms with E-state index < -0.39 is 18.0 Å². The number of nitrogens with one attached hydrogen (secondary N) is 2. The summed E-state index contributed by atoms with van der Waals surface area (Å²) in [5.74, 6) is -0.488. The Morgan fingerprint density at radius 3 is 2.81 bits per heavy atom. The van der Waals surface area contributed by atoms with E-state index in [-0.39, 0.29) is 30.6 Å². The van der Waals surface area contributed by atoms with Crippen LogP contribution in [0.2, 0.25) is 0 Å². The van der Waals surface area contributed by atoms with Crippen molar-refractivity contribution in [3.8, 4) is 5.75 Å². The van der Waals surface area contributed by atoms with Gasteiger partial charge in [-0.15, -0.1) is 0 Å². The molecule has 0 spiro atoms. The number of phenolic OH excluding ortho intramolecular Hbond substituents is 1. The second-order valence-corrected chi connectivity index (χ2v) is 5.40. The molecule has 1 heterocycles. The number of aliphatic hydroxyl groups is 1. The highest BCUT2D eigenvalue weighted by Crippen LogP contribution is 2.19. The Morgan fingerprint density at radius 2 is 2.15 bits per heavy atom. The van der Waals surface area contributed by atoms with Crippen LogP contribution in [0.1, 0.15) is 35.1 Å². The second kappa shape index (κ2) is 8.81. The monoisotopic (exact) mass is 363 g/mol. The third-order valence-corrected chi connectivity index (χ3v) is 3.61. The molecule has 10 heteroatoms. The number of carbonyl (C=O) groups excluding carboxylic acids is 2. The van der Waals surface area contributed by atoms with E-state index in [1.54, 1.807) is 19.1 Å². The van der Waals surface area contributed by atoms with Crippen molar-refractivity contribution < 1.29 is 24.3 Å². The van der Waals surface area contributed by atoms with E-state index in [1.807, 2.05) is 0 Å². The summed E-state index contributed by atoms with van der Waals surface area (Å²) in [6.45, 7) is 2.11. The predicted octanol–water partition coefficient (Wildman–Crippen LogP) is 0.400. The lowest BCUT2D eigenvalue weighted by molar-refractivity contribution is 0.0949. The summed E-state index contributed by atoms with van der Waals surface area (Å²) in [6, 6.07) is 5.78. The molecule has 0 radical (unpaired) electrons. The number of urea groups is 1. The first kappa shape index (κ1) is 19.2. The lowest BCUT2D eigenvalue weighted by atomic mass is 10.1. The van der Waals surface area contributed by atoms with E-state index in [2.05, 4.69) is 20.8 Å². The topological polar surface area (TPSA) is 141 Å². The molecule has 0 aliphatic heterocycles. The van der Waals surface area contributed by atoms with Crippen LogP contribution < -0.4 is 10.6 Å². The lowest BCUT2D eigenvalue weighted by Crippen LogP contribution is -2.41. The Balaban J connectivity index is 1.91. The zero-order valence-electron chi connectivity index (χ0n) is 14.5. The number of benzene rings is 1. The van der Waals surface area contributed by atoms with E-state index in [4.69, 9.17) is 4.52 Å². The van der Waals surface area contributed by atoms with Crippen LogP contribution >= 0.6 is 0 Å². The van der Waals surface area contributed by atoms with Crippen LogP contribution in [0.4, 0.5) is 4.79 Å². The van der Waals surface area contributed by atoms with Crippen LogP contribution in [0.3, 0.4) is 0 Å². The number of nitrogens with zero attached hydrogens (tertiary/aromatic N) is 3. The Bertz CT molecular complexity index is 763. The van der Waals surface area contributed by atoms with E-state index in [0.717, 1.165) is 0 Å². The standard InChI is InChI=1S/C16H21N5O5/c1-3-21(9-12(23)10-5-4-6-11(22)7-10)16(25)18-8-13-19-14(20-26-13)15(24)17-2/h4-7,12,22-23H,3,8-9H2,1-2H3,(H,17,24)(H,18,25)/t12-/m1/s1. The summed E-state index contributed by atoms with van der Waals surface area (Å²) in [4.78, 5) is 28.9. The summed E-state index contributed by atoms with van der Waals surface area (Å²) in [7, 11) is 1.44. The maximum Gasteiger partial charge on any atom is 0.317 e. The molecule has 1 aromatic heterocycles. The van der Waals surface area contributed by atoms with Crippen molar-refractivity contribution in [1.82, 2.24) is 25.7 Å². The number of phenols is 1. The summed E-state index contributed by atoms with van der Waals surface area (Å²) < 4.78 is 4.88. The molecule has 140 valence electrons. The fourth-order valence-electron chi connectivity index (χ4n) is 2.20. The van der Waals surface area contributed by atoms with Crippen molar-refractivity contribution in [3.05, 3.63) is 41.5 Å². The Morgan fingerprint density at radius 1 is 1.38 bits per heavy atom. The third kappa shape index (κ3) is 4.93. The summed E-state index contributed by atoms with van der Waals surface area (Å²) in [5, 5.41) is 28.2. The van der Waals surface area contributed by atoms with Crippen molar-refractivity contribution in [2.75, 3.05) is 20.1 Å². The Labute approximate surface area is 149 Å². The fraction of sp³-hybridized carbons (Fsp3) is 0.375. The van der Waals surface area contributed by atoms with Crippen LogP contribution in [0.25, 0.3) is 0 Å². The molecule has 4 N–H and O–H groups in total. The van der Waals surface area contributed by atoms with Gasteiger partial charge in [0, 0.05) is 13.6 Å². The van der Waals surface area contributed by atoms with E-state index in [0.29, 0.717) is 12.1 Å². The van der Waals surface area contributed by atoms with Gasteiger partial charge in [0.05, 0.1) is 19.2 Å². The minimum atomic E-state index is -0.948. The van der Waals surface area contributed by atoms with Gasteiger partial charge in [-0.05, 0) is 24.6 Å². The third-order valence-electron chi connectivity index (χ3n) is 3.61. The van der Waals surface area contributed by atoms with E-state index in [9.17, 15) is 19.8 Å². The van der Waals surface area contributed by atoms with Crippen molar-refractivity contribution in [2.45, 2.75) is 19.6 Å². The van der Waals surface area contributed by atoms with Crippen LogP contribution in [-0.2, 0) is 6.54 Å². The van der Waals surface area contributed by atoms with Gasteiger partial charge in [-0.3, -0.25) is 4.79 Å². The number of rotatable bonds is 7. The Kier molecular flexibility index (Phi) is 6.50. The number of amides is 3. The van der Waals surface area contributed by atoms with Crippen molar-refractivity contribution in [3.63, 3.8) is 0 Å². The first-order valence-corrected chi connectivity index (χ1v) is 7.99. The zero-order valence-corrected chi connectivity index (χ0v) is 14.5. The fourth-order valence-corrected chi connectivity index (χ4v) is 2.20. The molecule has 2 rings (SSSR count).